The predicted molar refractivity (Wildman–Crippen MR) is 53.0 cm³/mol. The lowest BCUT2D eigenvalue weighted by molar-refractivity contribution is 0.818. The molecule has 0 saturated carbocycles. The molecule has 1 aromatic heterocycles. The predicted octanol–water partition coefficient (Wildman–Crippen LogP) is 1.49. The average Bonchev–Trinajstić information content (AvgIpc) is 2.67. The lowest BCUT2D eigenvalue weighted by atomic mass is 10.3. The number of likely N-dealkylation sites (N-methyl/N-ethyl adjacent to an activating group) is 1. The monoisotopic (exact) mass is 173 g/mol. The Morgan fingerprint density at radius 2 is 2.08 bits per heavy atom. The van der Waals surface area contributed by atoms with Crippen molar-refractivity contribution in [3.05, 3.63) is 24.3 Å². The molecular weight excluding hydrogens is 162 g/mol. The van der Waals surface area contributed by atoms with Gasteiger partial charge in [-0.1, -0.05) is 12.1 Å². The summed E-state index contributed by atoms with van der Waals surface area (Å²) in [6, 6.07) is 8.29. The summed E-state index contributed by atoms with van der Waals surface area (Å²) in [6.07, 6.45) is 0. The largest absolute Gasteiger partial charge is 0.343 e. The third-order valence-corrected chi connectivity index (χ3v) is 2.63. The van der Waals surface area contributed by atoms with Gasteiger partial charge < -0.3 is 9.47 Å². The van der Waals surface area contributed by atoms with Gasteiger partial charge in [0.15, 0.2) is 0 Å². The van der Waals surface area contributed by atoms with E-state index in [1.165, 1.54) is 5.52 Å². The minimum Gasteiger partial charge on any atom is -0.343 e. The van der Waals surface area contributed by atoms with E-state index in [0.717, 1.165) is 24.6 Å². The molecule has 0 N–H and O–H groups in total. The molecule has 0 saturated heterocycles. The molecule has 0 unspecified atom stereocenters. The van der Waals surface area contributed by atoms with Crippen molar-refractivity contribution in [3.63, 3.8) is 0 Å². The summed E-state index contributed by atoms with van der Waals surface area (Å²) in [5.74, 6) is 1.10. The summed E-state index contributed by atoms with van der Waals surface area (Å²) in [5, 5.41) is 0. The summed E-state index contributed by atoms with van der Waals surface area (Å²) >= 11 is 0. The first-order valence-electron chi connectivity index (χ1n) is 4.53. The first-order chi connectivity index (χ1) is 6.36. The van der Waals surface area contributed by atoms with Crippen LogP contribution in [0.1, 0.15) is 0 Å². The summed E-state index contributed by atoms with van der Waals surface area (Å²) in [5.41, 5.74) is 2.35. The number of hydrogen-bond donors (Lipinski definition) is 0. The van der Waals surface area contributed by atoms with E-state index in [4.69, 9.17) is 0 Å². The highest BCUT2D eigenvalue weighted by Gasteiger charge is 2.19. The fraction of sp³-hybridized carbons (Fsp3) is 0.300. The van der Waals surface area contributed by atoms with Gasteiger partial charge in [-0.2, -0.15) is 0 Å². The van der Waals surface area contributed by atoms with Gasteiger partial charge in [-0.25, -0.2) is 4.98 Å². The second kappa shape index (κ2) is 2.25. The number of nitrogens with zero attached hydrogens (tertiary/aromatic N) is 3. The molecular formula is C10H11N3. The Morgan fingerprint density at radius 1 is 1.23 bits per heavy atom. The molecule has 0 fully saturated rings. The molecule has 0 atom stereocenters. The Labute approximate surface area is 76.6 Å². The number of benzene rings is 1. The molecule has 0 amide bonds. The zero-order valence-electron chi connectivity index (χ0n) is 7.57. The smallest absolute Gasteiger partial charge is 0.206 e. The molecule has 2 aromatic rings. The van der Waals surface area contributed by atoms with E-state index >= 15 is 0 Å². The minimum atomic E-state index is 1.06. The van der Waals surface area contributed by atoms with E-state index in [2.05, 4.69) is 39.7 Å². The Bertz CT molecular complexity index is 458. The number of imidazole rings is 1. The van der Waals surface area contributed by atoms with Crippen LogP contribution in [0.5, 0.6) is 0 Å². The van der Waals surface area contributed by atoms with Crippen molar-refractivity contribution >= 4 is 17.0 Å². The van der Waals surface area contributed by atoms with Crippen LogP contribution >= 0.6 is 0 Å². The molecule has 0 radical (unpaired) electrons. The van der Waals surface area contributed by atoms with Crippen LogP contribution < -0.4 is 4.90 Å². The average molecular weight is 173 g/mol. The molecule has 0 bridgehead atoms. The fourth-order valence-corrected chi connectivity index (χ4v) is 1.92. The third-order valence-electron chi connectivity index (χ3n) is 2.63. The van der Waals surface area contributed by atoms with Crippen LogP contribution in [0.4, 0.5) is 5.95 Å². The first kappa shape index (κ1) is 6.95. The minimum absolute atomic E-state index is 1.06. The SMILES string of the molecule is CN1CCn2c1nc1ccccc12. The van der Waals surface area contributed by atoms with Crippen LogP contribution in [0, 0.1) is 0 Å². The molecule has 13 heavy (non-hydrogen) atoms. The number of hydrogen-bond acceptors (Lipinski definition) is 2. The number of aromatic nitrogens is 2. The van der Waals surface area contributed by atoms with E-state index in [1.807, 2.05) is 6.07 Å². The quantitative estimate of drug-likeness (QED) is 0.601. The van der Waals surface area contributed by atoms with Crippen LogP contribution in [0.15, 0.2) is 24.3 Å². The molecule has 0 aliphatic carbocycles. The van der Waals surface area contributed by atoms with Gasteiger partial charge in [0.05, 0.1) is 11.0 Å². The maximum absolute atomic E-state index is 4.56. The second-order valence-corrected chi connectivity index (χ2v) is 3.47. The zero-order valence-corrected chi connectivity index (χ0v) is 7.57. The van der Waals surface area contributed by atoms with E-state index < -0.39 is 0 Å². The molecule has 3 rings (SSSR count). The van der Waals surface area contributed by atoms with Crippen molar-refractivity contribution in [2.45, 2.75) is 6.54 Å². The molecule has 1 aliphatic heterocycles. The Morgan fingerprint density at radius 3 is 3.00 bits per heavy atom. The van der Waals surface area contributed by atoms with Gasteiger partial charge in [0.1, 0.15) is 0 Å². The van der Waals surface area contributed by atoms with Crippen LogP contribution in [-0.2, 0) is 6.54 Å². The fourth-order valence-electron chi connectivity index (χ4n) is 1.92. The van der Waals surface area contributed by atoms with Gasteiger partial charge in [-0.05, 0) is 12.1 Å². The van der Waals surface area contributed by atoms with Gasteiger partial charge >= 0.3 is 0 Å². The van der Waals surface area contributed by atoms with E-state index in [-0.39, 0.29) is 0 Å². The zero-order chi connectivity index (χ0) is 8.84. The van der Waals surface area contributed by atoms with Crippen LogP contribution in [0.3, 0.4) is 0 Å². The van der Waals surface area contributed by atoms with Gasteiger partial charge in [0.25, 0.3) is 0 Å². The number of fused-ring (bicyclic) bond motifs is 3. The van der Waals surface area contributed by atoms with Gasteiger partial charge in [0, 0.05) is 20.1 Å². The molecule has 1 aliphatic rings. The summed E-state index contributed by atoms with van der Waals surface area (Å²) < 4.78 is 2.27. The van der Waals surface area contributed by atoms with E-state index in [9.17, 15) is 0 Å². The van der Waals surface area contributed by atoms with E-state index in [1.54, 1.807) is 0 Å². The van der Waals surface area contributed by atoms with Crippen molar-refractivity contribution in [1.29, 1.82) is 0 Å². The lowest BCUT2D eigenvalue weighted by Gasteiger charge is -2.04. The third kappa shape index (κ3) is 0.813. The number of rotatable bonds is 0. The molecule has 0 spiro atoms. The molecule has 3 nitrogen and oxygen atoms in total. The Balaban J connectivity index is 2.38. The normalized spacial score (nSPS) is 15.3. The van der Waals surface area contributed by atoms with Crippen LogP contribution in [-0.4, -0.2) is 23.1 Å². The maximum atomic E-state index is 4.56. The number of para-hydroxylation sites is 2. The Hall–Kier alpha value is -1.51. The molecule has 1 aromatic carbocycles. The van der Waals surface area contributed by atoms with Gasteiger partial charge in [0.2, 0.25) is 5.95 Å². The lowest BCUT2D eigenvalue weighted by Crippen LogP contribution is -2.13. The van der Waals surface area contributed by atoms with Crippen molar-refractivity contribution in [2.24, 2.45) is 0 Å². The van der Waals surface area contributed by atoms with Gasteiger partial charge in [-0.15, -0.1) is 0 Å². The van der Waals surface area contributed by atoms with Crippen molar-refractivity contribution in [2.75, 3.05) is 18.5 Å². The molecule has 2 heterocycles. The first-order valence-corrected chi connectivity index (χ1v) is 4.53. The topological polar surface area (TPSA) is 21.1 Å². The van der Waals surface area contributed by atoms with Crippen molar-refractivity contribution < 1.29 is 0 Å². The molecule has 66 valence electrons. The second-order valence-electron chi connectivity index (χ2n) is 3.47. The summed E-state index contributed by atoms with van der Waals surface area (Å²) in [6.45, 7) is 2.14. The Kier molecular flexibility index (Phi) is 1.20. The molecule has 3 heteroatoms. The highest BCUT2D eigenvalue weighted by molar-refractivity contribution is 5.79. The highest BCUT2D eigenvalue weighted by Crippen LogP contribution is 2.25. The van der Waals surface area contributed by atoms with E-state index in [0.29, 0.717) is 0 Å². The standard InChI is InChI=1S/C10H11N3/c1-12-6-7-13-9-5-3-2-4-8(9)11-10(12)13/h2-5H,6-7H2,1H3. The van der Waals surface area contributed by atoms with Crippen LogP contribution in [0.25, 0.3) is 11.0 Å². The maximum Gasteiger partial charge on any atom is 0.206 e. The summed E-state index contributed by atoms with van der Waals surface area (Å²) in [4.78, 5) is 6.76. The number of anilines is 1. The summed E-state index contributed by atoms with van der Waals surface area (Å²) in [7, 11) is 2.09. The van der Waals surface area contributed by atoms with Crippen molar-refractivity contribution in [1.82, 2.24) is 9.55 Å². The van der Waals surface area contributed by atoms with Gasteiger partial charge in [-0.3, -0.25) is 0 Å². The van der Waals surface area contributed by atoms with Crippen LogP contribution in [0.2, 0.25) is 0 Å². The van der Waals surface area contributed by atoms with Crippen molar-refractivity contribution in [3.8, 4) is 0 Å². The highest BCUT2D eigenvalue weighted by atomic mass is 15.3.